The van der Waals surface area contributed by atoms with Crippen LogP contribution < -0.4 is 15.6 Å². The lowest BCUT2D eigenvalue weighted by molar-refractivity contribution is -0.153. The number of hydrogen-bond donors (Lipinski definition) is 1. The second kappa shape index (κ2) is 7.63. The summed E-state index contributed by atoms with van der Waals surface area (Å²) in [4.78, 5) is 29.3. The van der Waals surface area contributed by atoms with E-state index in [1.807, 2.05) is 6.92 Å². The largest absolute Gasteiger partial charge is 0.484 e. The van der Waals surface area contributed by atoms with Crippen molar-refractivity contribution in [2.75, 3.05) is 18.9 Å². The Kier molecular flexibility index (Phi) is 5.45. The first-order chi connectivity index (χ1) is 12.8. The van der Waals surface area contributed by atoms with E-state index in [1.54, 1.807) is 0 Å². The standard InChI is InChI=1S/C17H16F3N3O3S/c1-2-27-16-22-13-12(7-8-21-14(13)24)15(25)23(16)10-3-5-11(6-4-10)26-9-17(18,19)20/h3-6H,2,7-9H2,1H3,(H,21,24). The van der Waals surface area contributed by atoms with E-state index >= 15 is 0 Å². The summed E-state index contributed by atoms with van der Waals surface area (Å²) in [5.41, 5.74) is 0.548. The highest BCUT2D eigenvalue weighted by Gasteiger charge is 2.28. The molecule has 3 rings (SSSR count). The van der Waals surface area contributed by atoms with Crippen LogP contribution in [0.4, 0.5) is 13.2 Å². The number of thioether (sulfide) groups is 1. The minimum Gasteiger partial charge on any atom is -0.484 e. The van der Waals surface area contributed by atoms with Gasteiger partial charge in [-0.2, -0.15) is 13.2 Å². The lowest BCUT2D eigenvalue weighted by Crippen LogP contribution is -2.39. The van der Waals surface area contributed by atoms with Gasteiger partial charge in [0.05, 0.1) is 11.3 Å². The molecule has 1 aromatic heterocycles. The van der Waals surface area contributed by atoms with Gasteiger partial charge in [0, 0.05) is 6.54 Å². The molecular formula is C17H16F3N3O3S. The molecule has 0 fully saturated rings. The van der Waals surface area contributed by atoms with E-state index in [1.165, 1.54) is 40.6 Å². The molecule has 2 aromatic rings. The summed E-state index contributed by atoms with van der Waals surface area (Å²) in [5, 5.41) is 3.01. The second-order valence-corrected chi connectivity index (χ2v) is 6.93. The SMILES string of the molecule is CCSc1nc2c(c(=O)n1-c1ccc(OCC(F)(F)F)cc1)CCNC2=O. The van der Waals surface area contributed by atoms with Crippen molar-refractivity contribution in [2.24, 2.45) is 0 Å². The number of fused-ring (bicyclic) bond motifs is 1. The van der Waals surface area contributed by atoms with Gasteiger partial charge in [0.2, 0.25) is 0 Å². The fraction of sp³-hybridized carbons (Fsp3) is 0.353. The number of nitrogens with one attached hydrogen (secondary N) is 1. The van der Waals surface area contributed by atoms with Crippen LogP contribution in [0.1, 0.15) is 23.0 Å². The Morgan fingerprint density at radius 3 is 2.59 bits per heavy atom. The lowest BCUT2D eigenvalue weighted by Gasteiger charge is -2.19. The van der Waals surface area contributed by atoms with Gasteiger partial charge >= 0.3 is 6.18 Å². The number of hydrogen-bond acceptors (Lipinski definition) is 5. The van der Waals surface area contributed by atoms with Crippen molar-refractivity contribution in [3.05, 3.63) is 45.9 Å². The molecule has 0 radical (unpaired) electrons. The number of aromatic nitrogens is 2. The third-order valence-corrected chi connectivity index (χ3v) is 4.61. The molecule has 2 heterocycles. The molecule has 0 bridgehead atoms. The van der Waals surface area contributed by atoms with Crippen LogP contribution in [0.3, 0.4) is 0 Å². The number of rotatable bonds is 5. The molecule has 1 amide bonds. The van der Waals surface area contributed by atoms with Gasteiger partial charge < -0.3 is 10.1 Å². The van der Waals surface area contributed by atoms with E-state index in [-0.39, 0.29) is 22.9 Å². The van der Waals surface area contributed by atoms with E-state index in [2.05, 4.69) is 15.0 Å². The molecule has 0 spiro atoms. The van der Waals surface area contributed by atoms with Crippen LogP contribution in [-0.2, 0) is 6.42 Å². The van der Waals surface area contributed by atoms with Gasteiger partial charge in [0.25, 0.3) is 11.5 Å². The average Bonchev–Trinajstić information content (AvgIpc) is 2.62. The summed E-state index contributed by atoms with van der Waals surface area (Å²) in [6, 6.07) is 5.70. The van der Waals surface area contributed by atoms with E-state index in [0.29, 0.717) is 35.1 Å². The Morgan fingerprint density at radius 2 is 1.96 bits per heavy atom. The molecule has 1 aromatic carbocycles. The molecule has 0 saturated carbocycles. The van der Waals surface area contributed by atoms with Crippen LogP contribution >= 0.6 is 11.8 Å². The molecule has 0 unspecified atom stereocenters. The molecule has 0 aliphatic carbocycles. The zero-order valence-corrected chi connectivity index (χ0v) is 15.1. The van der Waals surface area contributed by atoms with Crippen LogP contribution in [0.25, 0.3) is 5.69 Å². The summed E-state index contributed by atoms with van der Waals surface area (Å²) < 4.78 is 42.8. The number of alkyl halides is 3. The molecule has 27 heavy (non-hydrogen) atoms. The third kappa shape index (κ3) is 4.26. The number of carbonyl (C=O) groups is 1. The molecule has 6 nitrogen and oxygen atoms in total. The minimum absolute atomic E-state index is 0.0408. The molecular weight excluding hydrogens is 383 g/mol. The highest BCUT2D eigenvalue weighted by molar-refractivity contribution is 7.99. The highest BCUT2D eigenvalue weighted by atomic mass is 32.2. The maximum atomic E-state index is 12.9. The van der Waals surface area contributed by atoms with Crippen molar-refractivity contribution >= 4 is 17.7 Å². The monoisotopic (exact) mass is 399 g/mol. The van der Waals surface area contributed by atoms with Gasteiger partial charge in [-0.15, -0.1) is 0 Å². The smallest absolute Gasteiger partial charge is 0.422 e. The number of halogens is 3. The van der Waals surface area contributed by atoms with E-state index in [0.717, 1.165) is 0 Å². The summed E-state index contributed by atoms with van der Waals surface area (Å²) in [7, 11) is 0. The van der Waals surface area contributed by atoms with Gasteiger partial charge in [-0.1, -0.05) is 18.7 Å². The maximum absolute atomic E-state index is 12.9. The van der Waals surface area contributed by atoms with Crippen molar-refractivity contribution in [3.8, 4) is 11.4 Å². The molecule has 144 valence electrons. The first kappa shape index (κ1) is 19.3. The van der Waals surface area contributed by atoms with Gasteiger partial charge in [-0.3, -0.25) is 14.2 Å². The van der Waals surface area contributed by atoms with Crippen molar-refractivity contribution < 1.29 is 22.7 Å². The van der Waals surface area contributed by atoms with E-state index in [4.69, 9.17) is 0 Å². The molecule has 0 atom stereocenters. The maximum Gasteiger partial charge on any atom is 0.422 e. The summed E-state index contributed by atoms with van der Waals surface area (Å²) in [6.07, 6.45) is -4.06. The van der Waals surface area contributed by atoms with Gasteiger partial charge in [0.15, 0.2) is 11.8 Å². The predicted octanol–water partition coefficient (Wildman–Crippen LogP) is 2.57. The van der Waals surface area contributed by atoms with Crippen LogP contribution in [0.2, 0.25) is 0 Å². The van der Waals surface area contributed by atoms with Crippen LogP contribution in [0, 0.1) is 0 Å². The Hall–Kier alpha value is -2.49. The van der Waals surface area contributed by atoms with Crippen molar-refractivity contribution in [1.29, 1.82) is 0 Å². The van der Waals surface area contributed by atoms with E-state index < -0.39 is 12.8 Å². The van der Waals surface area contributed by atoms with Gasteiger partial charge in [-0.05, 0) is 36.4 Å². The summed E-state index contributed by atoms with van der Waals surface area (Å²) in [5.74, 6) is 0.285. The Balaban J connectivity index is 2.00. The van der Waals surface area contributed by atoms with Crippen LogP contribution in [-0.4, -0.2) is 40.5 Å². The Bertz CT molecular complexity index is 911. The molecule has 1 aliphatic rings. The summed E-state index contributed by atoms with van der Waals surface area (Å²) >= 11 is 1.30. The average molecular weight is 399 g/mol. The summed E-state index contributed by atoms with van der Waals surface area (Å²) in [6.45, 7) is 0.848. The Labute approximate surface area is 156 Å². The molecule has 0 saturated heterocycles. The molecule has 1 aliphatic heterocycles. The predicted molar refractivity (Wildman–Crippen MR) is 93.8 cm³/mol. The van der Waals surface area contributed by atoms with Crippen LogP contribution in [0.5, 0.6) is 5.75 Å². The lowest BCUT2D eigenvalue weighted by atomic mass is 10.1. The fourth-order valence-electron chi connectivity index (χ4n) is 2.64. The number of carbonyl (C=O) groups excluding carboxylic acids is 1. The number of benzene rings is 1. The first-order valence-corrected chi connectivity index (χ1v) is 9.15. The van der Waals surface area contributed by atoms with Crippen molar-refractivity contribution in [2.45, 2.75) is 24.7 Å². The van der Waals surface area contributed by atoms with Gasteiger partial charge in [0.1, 0.15) is 11.4 Å². The fourth-order valence-corrected chi connectivity index (χ4v) is 3.38. The van der Waals surface area contributed by atoms with E-state index in [9.17, 15) is 22.8 Å². The quantitative estimate of drug-likeness (QED) is 0.618. The van der Waals surface area contributed by atoms with Crippen LogP contribution in [0.15, 0.2) is 34.2 Å². The van der Waals surface area contributed by atoms with Gasteiger partial charge in [-0.25, -0.2) is 4.98 Å². The zero-order valence-electron chi connectivity index (χ0n) is 14.3. The zero-order chi connectivity index (χ0) is 19.6. The van der Waals surface area contributed by atoms with Crippen molar-refractivity contribution in [1.82, 2.24) is 14.9 Å². The Morgan fingerprint density at radius 1 is 1.26 bits per heavy atom. The highest BCUT2D eigenvalue weighted by Crippen LogP contribution is 2.23. The molecule has 1 N–H and O–H groups in total. The number of ether oxygens (including phenoxy) is 1. The normalized spacial score (nSPS) is 13.9. The number of amides is 1. The second-order valence-electron chi connectivity index (χ2n) is 5.70. The van der Waals surface area contributed by atoms with Crippen molar-refractivity contribution in [3.63, 3.8) is 0 Å². The third-order valence-electron chi connectivity index (χ3n) is 3.79. The number of nitrogens with zero attached hydrogens (tertiary/aromatic N) is 2. The topological polar surface area (TPSA) is 73.2 Å². The minimum atomic E-state index is -4.43. The first-order valence-electron chi connectivity index (χ1n) is 8.17. The molecule has 10 heteroatoms.